The number of ether oxygens (including phenoxy) is 1. The van der Waals surface area contributed by atoms with Crippen molar-refractivity contribution in [2.45, 2.75) is 0 Å². The van der Waals surface area contributed by atoms with Crippen LogP contribution in [0.25, 0.3) is 10.9 Å². The van der Waals surface area contributed by atoms with Gasteiger partial charge in [0.2, 0.25) is 0 Å². The summed E-state index contributed by atoms with van der Waals surface area (Å²) < 4.78 is 27.6. The van der Waals surface area contributed by atoms with E-state index in [9.17, 15) is 13.2 Å². The van der Waals surface area contributed by atoms with Gasteiger partial charge in [0.25, 0.3) is 0 Å². The highest BCUT2D eigenvalue weighted by atomic mass is 35.7. The molecule has 0 spiro atoms. The Morgan fingerprint density at radius 1 is 1.28 bits per heavy atom. The molecule has 1 aromatic heterocycles. The fourth-order valence-corrected chi connectivity index (χ4v) is 1.81. The third-order valence-electron chi connectivity index (χ3n) is 2.00. The van der Waals surface area contributed by atoms with Crippen LogP contribution in [0.1, 0.15) is 0 Å². The van der Waals surface area contributed by atoms with Crippen LogP contribution in [0.4, 0.5) is 4.79 Å². The van der Waals surface area contributed by atoms with Crippen LogP contribution in [0.3, 0.4) is 0 Å². The van der Waals surface area contributed by atoms with Crippen LogP contribution in [0.15, 0.2) is 36.5 Å². The minimum atomic E-state index is -4.17. The number of halogens is 1. The van der Waals surface area contributed by atoms with Crippen LogP contribution in [-0.2, 0) is 9.24 Å². The molecule has 1 N–H and O–H groups in total. The number of aromatic nitrogens is 1. The van der Waals surface area contributed by atoms with Crippen molar-refractivity contribution in [2.24, 2.45) is 0 Å². The van der Waals surface area contributed by atoms with E-state index < -0.39 is 15.3 Å². The number of carbonyl (C=O) groups excluding carboxylic acids is 1. The number of pyridine rings is 1. The van der Waals surface area contributed by atoms with Gasteiger partial charge in [-0.3, -0.25) is 4.98 Å². The number of hydrogen-bond acceptors (Lipinski definition) is 5. The largest absolute Gasteiger partial charge is 0.427 e. The lowest BCUT2D eigenvalue weighted by molar-refractivity contribution is 0.207. The third kappa shape index (κ3) is 3.08. The lowest BCUT2D eigenvalue weighted by Gasteiger charge is -2.06. The summed E-state index contributed by atoms with van der Waals surface area (Å²) in [5, 5.41) is 0.761. The average molecular weight is 287 g/mol. The number of nitrogens with one attached hydrogen (secondary N) is 1. The molecule has 0 bridgehead atoms. The number of benzene rings is 1. The van der Waals surface area contributed by atoms with Gasteiger partial charge in [0, 0.05) is 22.3 Å². The molecule has 1 heterocycles. The first kappa shape index (κ1) is 12.6. The molecule has 2 rings (SSSR count). The third-order valence-corrected chi connectivity index (χ3v) is 2.65. The van der Waals surface area contributed by atoms with Gasteiger partial charge in [-0.1, -0.05) is 18.2 Å². The quantitative estimate of drug-likeness (QED) is 0.851. The molecule has 0 saturated carbocycles. The Labute approximate surface area is 107 Å². The van der Waals surface area contributed by atoms with Crippen LogP contribution >= 0.6 is 10.7 Å². The Kier molecular flexibility index (Phi) is 3.35. The SMILES string of the molecule is O=C(NS(=O)(=O)Cl)Oc1cccc2cccnc12. The fraction of sp³-hybridized carbons (Fsp3) is 0. The predicted octanol–water partition coefficient (Wildman–Crippen LogP) is 1.81. The van der Waals surface area contributed by atoms with E-state index in [1.54, 1.807) is 24.3 Å². The highest BCUT2D eigenvalue weighted by Crippen LogP contribution is 2.22. The maximum atomic E-state index is 11.2. The number of rotatable bonds is 2. The van der Waals surface area contributed by atoms with Gasteiger partial charge in [-0.2, -0.15) is 8.42 Å². The van der Waals surface area contributed by atoms with Gasteiger partial charge < -0.3 is 4.74 Å². The Bertz CT molecular complexity index is 697. The van der Waals surface area contributed by atoms with E-state index in [0.717, 1.165) is 5.39 Å². The zero-order valence-corrected chi connectivity index (χ0v) is 10.4. The summed E-state index contributed by atoms with van der Waals surface area (Å²) in [6.45, 7) is 0. The van der Waals surface area contributed by atoms with Crippen LogP contribution in [-0.4, -0.2) is 19.5 Å². The van der Waals surface area contributed by atoms with Crippen molar-refractivity contribution in [3.05, 3.63) is 36.5 Å². The number of fused-ring (bicyclic) bond motifs is 1. The summed E-state index contributed by atoms with van der Waals surface area (Å²) in [6.07, 6.45) is 0.342. The minimum absolute atomic E-state index is 0.144. The summed E-state index contributed by atoms with van der Waals surface area (Å²) >= 11 is 0. The summed E-state index contributed by atoms with van der Waals surface area (Å²) in [4.78, 5) is 15.3. The molecular formula is C10H7ClN2O4S. The molecule has 0 aliphatic rings. The van der Waals surface area contributed by atoms with Crippen LogP contribution in [0.5, 0.6) is 5.75 Å². The van der Waals surface area contributed by atoms with Crippen molar-refractivity contribution < 1.29 is 17.9 Å². The number of nitrogens with zero attached hydrogens (tertiary/aromatic N) is 1. The normalized spacial score (nSPS) is 11.2. The molecule has 8 heteroatoms. The molecule has 2 aromatic rings. The summed E-state index contributed by atoms with van der Waals surface area (Å²) in [5.41, 5.74) is 0.446. The first-order valence-electron chi connectivity index (χ1n) is 4.74. The number of amides is 1. The highest BCUT2D eigenvalue weighted by molar-refractivity contribution is 8.12. The van der Waals surface area contributed by atoms with Crippen molar-refractivity contribution >= 4 is 36.9 Å². The van der Waals surface area contributed by atoms with E-state index in [2.05, 4.69) is 4.98 Å². The molecule has 0 saturated heterocycles. The Hall–Kier alpha value is -1.86. The standard InChI is InChI=1S/C10H7ClN2O4S/c11-18(15,16)13-10(14)17-8-5-1-3-7-4-2-6-12-9(7)8/h1-6H,(H,13,14). The van der Waals surface area contributed by atoms with E-state index >= 15 is 0 Å². The van der Waals surface area contributed by atoms with Crippen LogP contribution < -0.4 is 9.46 Å². The zero-order chi connectivity index (χ0) is 13.2. The monoisotopic (exact) mass is 286 g/mol. The molecule has 0 aliphatic carbocycles. The predicted molar refractivity (Wildman–Crippen MR) is 65.7 cm³/mol. The van der Waals surface area contributed by atoms with Gasteiger partial charge in [-0.05, 0) is 12.1 Å². The highest BCUT2D eigenvalue weighted by Gasteiger charge is 2.14. The smallest absolute Gasteiger partial charge is 0.407 e. The molecular weight excluding hydrogens is 280 g/mol. The van der Waals surface area contributed by atoms with Crippen LogP contribution in [0.2, 0.25) is 0 Å². The fourth-order valence-electron chi connectivity index (χ4n) is 1.38. The lowest BCUT2D eigenvalue weighted by atomic mass is 10.2. The van der Waals surface area contributed by atoms with E-state index in [-0.39, 0.29) is 5.75 Å². The molecule has 18 heavy (non-hydrogen) atoms. The maximum absolute atomic E-state index is 11.2. The number of hydrogen-bond donors (Lipinski definition) is 1. The first-order chi connectivity index (χ1) is 8.46. The molecule has 0 aliphatic heterocycles. The summed E-state index contributed by atoms with van der Waals surface area (Å²) in [5.74, 6) is 0.144. The maximum Gasteiger partial charge on any atom is 0.427 e. The van der Waals surface area contributed by atoms with Crippen molar-refractivity contribution in [3.63, 3.8) is 0 Å². The number of para-hydroxylation sites is 1. The Morgan fingerprint density at radius 2 is 2.00 bits per heavy atom. The van der Waals surface area contributed by atoms with E-state index in [1.807, 2.05) is 0 Å². The topological polar surface area (TPSA) is 85.4 Å². The molecule has 0 radical (unpaired) electrons. The van der Waals surface area contributed by atoms with E-state index in [0.29, 0.717) is 5.52 Å². The molecule has 1 aromatic carbocycles. The van der Waals surface area contributed by atoms with Crippen molar-refractivity contribution in [2.75, 3.05) is 0 Å². The Balaban J connectivity index is 2.30. The Morgan fingerprint density at radius 3 is 2.72 bits per heavy atom. The van der Waals surface area contributed by atoms with Crippen molar-refractivity contribution in [1.29, 1.82) is 0 Å². The molecule has 0 unspecified atom stereocenters. The van der Waals surface area contributed by atoms with E-state index in [4.69, 9.17) is 15.4 Å². The average Bonchev–Trinajstić information content (AvgIpc) is 2.27. The summed E-state index contributed by atoms with van der Waals surface area (Å²) in [6, 6.07) is 8.45. The second-order valence-corrected chi connectivity index (χ2v) is 5.56. The summed E-state index contributed by atoms with van der Waals surface area (Å²) in [7, 11) is 0.688. The second kappa shape index (κ2) is 4.79. The molecule has 6 nitrogen and oxygen atoms in total. The van der Waals surface area contributed by atoms with Gasteiger partial charge in [0.15, 0.2) is 5.75 Å². The van der Waals surface area contributed by atoms with Gasteiger partial charge in [0.1, 0.15) is 5.52 Å². The molecule has 0 fully saturated rings. The molecule has 1 amide bonds. The van der Waals surface area contributed by atoms with Gasteiger partial charge >= 0.3 is 15.3 Å². The minimum Gasteiger partial charge on any atom is -0.407 e. The number of carbonyl (C=O) groups is 1. The van der Waals surface area contributed by atoms with E-state index in [1.165, 1.54) is 17.0 Å². The van der Waals surface area contributed by atoms with Crippen molar-refractivity contribution in [3.8, 4) is 5.75 Å². The lowest BCUT2D eigenvalue weighted by Crippen LogP contribution is -2.29. The molecule has 94 valence electrons. The zero-order valence-electron chi connectivity index (χ0n) is 8.83. The second-order valence-electron chi connectivity index (χ2n) is 3.26. The van der Waals surface area contributed by atoms with Gasteiger partial charge in [-0.15, -0.1) is 0 Å². The van der Waals surface area contributed by atoms with Crippen LogP contribution in [0, 0.1) is 0 Å². The van der Waals surface area contributed by atoms with Crippen molar-refractivity contribution in [1.82, 2.24) is 9.71 Å². The molecule has 0 atom stereocenters. The first-order valence-corrected chi connectivity index (χ1v) is 7.04. The van der Waals surface area contributed by atoms with Gasteiger partial charge in [-0.25, -0.2) is 9.52 Å². The van der Waals surface area contributed by atoms with Gasteiger partial charge in [0.05, 0.1) is 0 Å².